The summed E-state index contributed by atoms with van der Waals surface area (Å²) >= 11 is 0. The molecular formula is C11H18N4O. The summed E-state index contributed by atoms with van der Waals surface area (Å²) in [6.45, 7) is 6.28. The van der Waals surface area contributed by atoms with Crippen LogP contribution in [0.4, 0.5) is 5.82 Å². The second-order valence-corrected chi connectivity index (χ2v) is 4.24. The first-order chi connectivity index (χ1) is 7.69. The number of morpholine rings is 1. The fourth-order valence-electron chi connectivity index (χ4n) is 2.01. The molecule has 0 unspecified atom stereocenters. The fourth-order valence-corrected chi connectivity index (χ4v) is 2.01. The van der Waals surface area contributed by atoms with Gasteiger partial charge in [-0.25, -0.2) is 4.98 Å². The van der Waals surface area contributed by atoms with E-state index >= 15 is 0 Å². The third kappa shape index (κ3) is 2.48. The Morgan fingerprint density at radius 3 is 2.69 bits per heavy atom. The summed E-state index contributed by atoms with van der Waals surface area (Å²) in [5, 5.41) is 0. The highest BCUT2D eigenvalue weighted by Gasteiger charge is 2.23. The lowest BCUT2D eigenvalue weighted by Crippen LogP contribution is -2.46. The molecule has 0 amide bonds. The minimum absolute atomic E-state index is 0.229. The molecule has 2 atom stereocenters. The van der Waals surface area contributed by atoms with E-state index < -0.39 is 0 Å². The zero-order valence-corrected chi connectivity index (χ0v) is 9.76. The molecule has 5 nitrogen and oxygen atoms in total. The van der Waals surface area contributed by atoms with Crippen LogP contribution in [0.25, 0.3) is 0 Å². The van der Waals surface area contributed by atoms with Crippen molar-refractivity contribution < 1.29 is 4.74 Å². The van der Waals surface area contributed by atoms with E-state index in [9.17, 15) is 0 Å². The normalized spacial score (nSPS) is 25.8. The van der Waals surface area contributed by atoms with E-state index in [2.05, 4.69) is 28.7 Å². The summed E-state index contributed by atoms with van der Waals surface area (Å²) in [7, 11) is 0. The van der Waals surface area contributed by atoms with Gasteiger partial charge in [0, 0.05) is 25.8 Å². The van der Waals surface area contributed by atoms with Gasteiger partial charge in [0.25, 0.3) is 0 Å². The van der Waals surface area contributed by atoms with Gasteiger partial charge in [0.15, 0.2) is 0 Å². The van der Waals surface area contributed by atoms with Crippen LogP contribution in [0, 0.1) is 0 Å². The van der Waals surface area contributed by atoms with Gasteiger partial charge >= 0.3 is 0 Å². The Kier molecular flexibility index (Phi) is 3.36. The third-order valence-corrected chi connectivity index (χ3v) is 2.62. The summed E-state index contributed by atoms with van der Waals surface area (Å²) in [4.78, 5) is 10.8. The minimum atomic E-state index is 0.229. The Labute approximate surface area is 95.6 Å². The molecule has 1 aromatic heterocycles. The standard InChI is InChI=1S/C11H18N4O/c1-8-6-15(7-9(2)16-8)11-5-13-4-10(3-12)14-11/h4-5,8-9H,3,6-7,12H2,1-2H3/t8-,9+. The Hall–Kier alpha value is -1.20. The molecule has 0 saturated carbocycles. The van der Waals surface area contributed by atoms with Crippen LogP contribution >= 0.6 is 0 Å². The largest absolute Gasteiger partial charge is 0.372 e. The Morgan fingerprint density at radius 1 is 1.38 bits per heavy atom. The lowest BCUT2D eigenvalue weighted by molar-refractivity contribution is -0.00548. The minimum Gasteiger partial charge on any atom is -0.372 e. The number of rotatable bonds is 2. The van der Waals surface area contributed by atoms with E-state index in [1.54, 1.807) is 12.4 Å². The number of ether oxygens (including phenoxy) is 1. The van der Waals surface area contributed by atoms with Gasteiger partial charge in [-0.3, -0.25) is 4.98 Å². The molecule has 2 heterocycles. The van der Waals surface area contributed by atoms with Crippen LogP contribution in [0.5, 0.6) is 0 Å². The van der Waals surface area contributed by atoms with Crippen molar-refractivity contribution in [1.29, 1.82) is 0 Å². The predicted octanol–water partition coefficient (Wildman–Crippen LogP) is 0.549. The van der Waals surface area contributed by atoms with Crippen molar-refractivity contribution in [3.63, 3.8) is 0 Å². The topological polar surface area (TPSA) is 64.3 Å². The summed E-state index contributed by atoms with van der Waals surface area (Å²) < 4.78 is 5.68. The molecule has 16 heavy (non-hydrogen) atoms. The van der Waals surface area contributed by atoms with Crippen LogP contribution in [0.1, 0.15) is 19.5 Å². The Bertz CT molecular complexity index is 348. The molecule has 2 N–H and O–H groups in total. The first kappa shape index (κ1) is 11.3. The van der Waals surface area contributed by atoms with Gasteiger partial charge in [0.1, 0.15) is 5.82 Å². The van der Waals surface area contributed by atoms with E-state index in [0.717, 1.165) is 24.6 Å². The van der Waals surface area contributed by atoms with Crippen molar-refractivity contribution in [3.05, 3.63) is 18.1 Å². The van der Waals surface area contributed by atoms with Crippen LogP contribution in [-0.2, 0) is 11.3 Å². The average molecular weight is 222 g/mol. The first-order valence-electron chi connectivity index (χ1n) is 5.60. The number of anilines is 1. The van der Waals surface area contributed by atoms with Gasteiger partial charge in [-0.2, -0.15) is 0 Å². The Balaban J connectivity index is 2.16. The molecule has 88 valence electrons. The van der Waals surface area contributed by atoms with Crippen molar-refractivity contribution in [2.45, 2.75) is 32.6 Å². The van der Waals surface area contributed by atoms with Gasteiger partial charge in [-0.15, -0.1) is 0 Å². The van der Waals surface area contributed by atoms with E-state index in [4.69, 9.17) is 10.5 Å². The van der Waals surface area contributed by atoms with Crippen molar-refractivity contribution in [3.8, 4) is 0 Å². The number of aromatic nitrogens is 2. The van der Waals surface area contributed by atoms with E-state index in [1.807, 2.05) is 0 Å². The maximum atomic E-state index is 5.68. The van der Waals surface area contributed by atoms with Crippen LogP contribution in [0.15, 0.2) is 12.4 Å². The molecule has 0 spiro atoms. The SMILES string of the molecule is C[C@@H]1CN(c2cncc(CN)n2)C[C@H](C)O1. The van der Waals surface area contributed by atoms with Gasteiger partial charge in [0.2, 0.25) is 0 Å². The molecule has 1 aromatic rings. The lowest BCUT2D eigenvalue weighted by atomic mass is 10.2. The lowest BCUT2D eigenvalue weighted by Gasteiger charge is -2.35. The van der Waals surface area contributed by atoms with E-state index in [0.29, 0.717) is 6.54 Å². The highest BCUT2D eigenvalue weighted by atomic mass is 16.5. The first-order valence-corrected chi connectivity index (χ1v) is 5.60. The predicted molar refractivity (Wildman–Crippen MR) is 62.1 cm³/mol. The smallest absolute Gasteiger partial charge is 0.147 e. The zero-order chi connectivity index (χ0) is 11.5. The highest BCUT2D eigenvalue weighted by Crippen LogP contribution is 2.17. The van der Waals surface area contributed by atoms with E-state index in [-0.39, 0.29) is 12.2 Å². The van der Waals surface area contributed by atoms with Gasteiger partial charge in [-0.1, -0.05) is 0 Å². The second kappa shape index (κ2) is 4.76. The van der Waals surface area contributed by atoms with Crippen LogP contribution in [-0.4, -0.2) is 35.3 Å². The molecule has 0 radical (unpaired) electrons. The zero-order valence-electron chi connectivity index (χ0n) is 9.76. The highest BCUT2D eigenvalue weighted by molar-refractivity contribution is 5.37. The number of nitrogens with zero attached hydrogens (tertiary/aromatic N) is 3. The molecule has 0 bridgehead atoms. The number of hydrogen-bond acceptors (Lipinski definition) is 5. The summed E-state index contributed by atoms with van der Waals surface area (Å²) in [5.41, 5.74) is 6.38. The maximum Gasteiger partial charge on any atom is 0.147 e. The molecule has 1 saturated heterocycles. The van der Waals surface area contributed by atoms with Crippen molar-refractivity contribution in [2.75, 3.05) is 18.0 Å². The molecular weight excluding hydrogens is 204 g/mol. The third-order valence-electron chi connectivity index (χ3n) is 2.62. The summed E-state index contributed by atoms with van der Waals surface area (Å²) in [6, 6.07) is 0. The molecule has 5 heteroatoms. The summed E-state index contributed by atoms with van der Waals surface area (Å²) in [6.07, 6.45) is 3.94. The van der Waals surface area contributed by atoms with Gasteiger partial charge in [0.05, 0.1) is 24.1 Å². The summed E-state index contributed by atoms with van der Waals surface area (Å²) in [5.74, 6) is 0.893. The quantitative estimate of drug-likeness (QED) is 0.791. The molecule has 1 aliphatic heterocycles. The fraction of sp³-hybridized carbons (Fsp3) is 0.636. The van der Waals surface area contributed by atoms with E-state index in [1.165, 1.54) is 0 Å². The number of nitrogens with two attached hydrogens (primary N) is 1. The molecule has 2 rings (SSSR count). The molecule has 1 aliphatic rings. The average Bonchev–Trinajstić information content (AvgIpc) is 2.28. The van der Waals surface area contributed by atoms with Crippen LogP contribution < -0.4 is 10.6 Å². The van der Waals surface area contributed by atoms with Crippen molar-refractivity contribution in [1.82, 2.24) is 9.97 Å². The number of hydrogen-bond donors (Lipinski definition) is 1. The second-order valence-electron chi connectivity index (χ2n) is 4.24. The van der Waals surface area contributed by atoms with Gasteiger partial charge in [-0.05, 0) is 13.8 Å². The van der Waals surface area contributed by atoms with Gasteiger partial charge < -0.3 is 15.4 Å². The van der Waals surface area contributed by atoms with Crippen molar-refractivity contribution >= 4 is 5.82 Å². The van der Waals surface area contributed by atoms with Crippen molar-refractivity contribution in [2.24, 2.45) is 5.73 Å². The molecule has 0 aromatic carbocycles. The Morgan fingerprint density at radius 2 is 2.06 bits per heavy atom. The van der Waals surface area contributed by atoms with Crippen LogP contribution in [0.3, 0.4) is 0 Å². The van der Waals surface area contributed by atoms with Crippen LogP contribution in [0.2, 0.25) is 0 Å². The molecule has 0 aliphatic carbocycles. The molecule has 1 fully saturated rings. The monoisotopic (exact) mass is 222 g/mol. The maximum absolute atomic E-state index is 5.68.